The van der Waals surface area contributed by atoms with Gasteiger partial charge in [0.05, 0.1) is 11.9 Å². The molecule has 0 saturated heterocycles. The summed E-state index contributed by atoms with van der Waals surface area (Å²) in [5, 5.41) is 8.23. The number of carbonyl (C=O) groups excluding carboxylic acids is 1. The van der Waals surface area contributed by atoms with Crippen molar-refractivity contribution >= 4 is 16.7 Å². The summed E-state index contributed by atoms with van der Waals surface area (Å²) in [5.74, 6) is 0.690. The molecule has 6 heteroatoms. The molecule has 1 amide bonds. The van der Waals surface area contributed by atoms with Gasteiger partial charge in [0.15, 0.2) is 5.69 Å². The van der Waals surface area contributed by atoms with Crippen molar-refractivity contribution in [1.29, 1.82) is 0 Å². The number of carbonyl (C=O) groups is 1. The molecule has 0 fully saturated rings. The third-order valence-corrected chi connectivity index (χ3v) is 4.27. The molecule has 28 heavy (non-hydrogen) atoms. The number of hydrogen-bond donors (Lipinski definition) is 1. The van der Waals surface area contributed by atoms with E-state index in [0.29, 0.717) is 30.5 Å². The van der Waals surface area contributed by atoms with Gasteiger partial charge in [-0.3, -0.25) is 9.59 Å². The predicted molar refractivity (Wildman–Crippen MR) is 110 cm³/mol. The van der Waals surface area contributed by atoms with Crippen molar-refractivity contribution in [2.45, 2.75) is 27.3 Å². The second kappa shape index (κ2) is 8.69. The summed E-state index contributed by atoms with van der Waals surface area (Å²) >= 11 is 0. The Morgan fingerprint density at radius 3 is 2.61 bits per heavy atom. The first kappa shape index (κ1) is 19.6. The summed E-state index contributed by atoms with van der Waals surface area (Å²) in [6.07, 6.45) is 0. The van der Waals surface area contributed by atoms with Crippen LogP contribution in [0, 0.1) is 12.8 Å². The molecule has 3 aromatic rings. The monoisotopic (exact) mass is 379 g/mol. The second-order valence-corrected chi connectivity index (χ2v) is 7.20. The SMILES string of the molecule is Cc1cccc(OCCNC(=O)c2nn(CC(C)C)c(=O)c3ccccc23)c1. The average molecular weight is 379 g/mol. The van der Waals surface area contributed by atoms with Crippen molar-refractivity contribution in [2.75, 3.05) is 13.2 Å². The molecule has 0 saturated carbocycles. The van der Waals surface area contributed by atoms with Gasteiger partial charge in [0.2, 0.25) is 0 Å². The number of hydrogen-bond acceptors (Lipinski definition) is 4. The van der Waals surface area contributed by atoms with Crippen molar-refractivity contribution in [1.82, 2.24) is 15.1 Å². The van der Waals surface area contributed by atoms with Crippen molar-refractivity contribution < 1.29 is 9.53 Å². The summed E-state index contributed by atoms with van der Waals surface area (Å²) in [4.78, 5) is 25.4. The van der Waals surface area contributed by atoms with Crippen molar-refractivity contribution in [3.05, 3.63) is 70.1 Å². The van der Waals surface area contributed by atoms with Crippen molar-refractivity contribution in [3.8, 4) is 5.75 Å². The zero-order valence-corrected chi connectivity index (χ0v) is 16.4. The summed E-state index contributed by atoms with van der Waals surface area (Å²) < 4.78 is 7.05. The van der Waals surface area contributed by atoms with E-state index >= 15 is 0 Å². The molecular formula is C22H25N3O3. The first-order valence-electron chi connectivity index (χ1n) is 9.43. The van der Waals surface area contributed by atoms with E-state index in [2.05, 4.69) is 10.4 Å². The summed E-state index contributed by atoms with van der Waals surface area (Å²) in [6, 6.07) is 14.8. The highest BCUT2D eigenvalue weighted by Gasteiger charge is 2.16. The highest BCUT2D eigenvalue weighted by atomic mass is 16.5. The predicted octanol–water partition coefficient (Wildman–Crippen LogP) is 3.17. The molecular weight excluding hydrogens is 354 g/mol. The Balaban J connectivity index is 1.75. The van der Waals surface area contributed by atoms with E-state index in [4.69, 9.17) is 4.74 Å². The van der Waals surface area contributed by atoms with Gasteiger partial charge in [-0.05, 0) is 36.6 Å². The van der Waals surface area contributed by atoms with Crippen LogP contribution < -0.4 is 15.6 Å². The lowest BCUT2D eigenvalue weighted by Crippen LogP contribution is -2.33. The van der Waals surface area contributed by atoms with Gasteiger partial charge in [-0.25, -0.2) is 4.68 Å². The lowest BCUT2D eigenvalue weighted by molar-refractivity contribution is 0.0941. The number of amides is 1. The zero-order chi connectivity index (χ0) is 20.1. The van der Waals surface area contributed by atoms with Gasteiger partial charge >= 0.3 is 0 Å². The van der Waals surface area contributed by atoms with Crippen LogP contribution in [0.3, 0.4) is 0 Å². The number of nitrogens with one attached hydrogen (secondary N) is 1. The number of aryl methyl sites for hydroxylation is 1. The number of ether oxygens (including phenoxy) is 1. The minimum absolute atomic E-state index is 0.177. The van der Waals surface area contributed by atoms with Crippen LogP contribution in [0.2, 0.25) is 0 Å². The number of nitrogens with zero attached hydrogens (tertiary/aromatic N) is 2. The minimum Gasteiger partial charge on any atom is -0.492 e. The number of rotatable bonds is 7. The van der Waals surface area contributed by atoms with Crippen LogP contribution in [-0.2, 0) is 6.54 Å². The molecule has 0 aliphatic heterocycles. The molecule has 0 bridgehead atoms. The number of benzene rings is 2. The van der Waals surface area contributed by atoms with Crippen LogP contribution in [0.4, 0.5) is 0 Å². The van der Waals surface area contributed by atoms with Gasteiger partial charge in [-0.15, -0.1) is 0 Å². The quantitative estimate of drug-likeness (QED) is 0.640. The van der Waals surface area contributed by atoms with E-state index in [9.17, 15) is 9.59 Å². The summed E-state index contributed by atoms with van der Waals surface area (Å²) in [5.41, 5.74) is 1.19. The maximum absolute atomic E-state index is 12.7. The Morgan fingerprint density at radius 2 is 1.89 bits per heavy atom. The number of aromatic nitrogens is 2. The lowest BCUT2D eigenvalue weighted by Gasteiger charge is -2.13. The fourth-order valence-electron chi connectivity index (χ4n) is 2.99. The third-order valence-electron chi connectivity index (χ3n) is 4.27. The maximum Gasteiger partial charge on any atom is 0.274 e. The van der Waals surface area contributed by atoms with Crippen LogP contribution in [0.5, 0.6) is 5.75 Å². The topological polar surface area (TPSA) is 73.2 Å². The summed E-state index contributed by atoms with van der Waals surface area (Å²) in [7, 11) is 0. The van der Waals surface area contributed by atoms with Crippen LogP contribution in [0.1, 0.15) is 29.9 Å². The molecule has 6 nitrogen and oxygen atoms in total. The standard InChI is InChI=1S/C22H25N3O3/c1-15(2)14-25-22(27)19-10-5-4-9-18(19)20(24-25)21(26)23-11-12-28-17-8-6-7-16(3)13-17/h4-10,13,15H,11-12,14H2,1-3H3,(H,23,26). The highest BCUT2D eigenvalue weighted by Crippen LogP contribution is 2.14. The van der Waals surface area contributed by atoms with Crippen molar-refractivity contribution in [3.63, 3.8) is 0 Å². The van der Waals surface area contributed by atoms with E-state index in [-0.39, 0.29) is 23.1 Å². The molecule has 0 aliphatic rings. The van der Waals surface area contributed by atoms with Gasteiger partial charge in [-0.2, -0.15) is 5.10 Å². The summed E-state index contributed by atoms with van der Waals surface area (Å²) in [6.45, 7) is 7.15. The fraction of sp³-hybridized carbons (Fsp3) is 0.318. The fourth-order valence-corrected chi connectivity index (χ4v) is 2.99. The molecule has 1 N–H and O–H groups in total. The highest BCUT2D eigenvalue weighted by molar-refractivity contribution is 6.04. The average Bonchev–Trinajstić information content (AvgIpc) is 2.67. The van der Waals surface area contributed by atoms with E-state index in [1.807, 2.05) is 45.0 Å². The first-order valence-corrected chi connectivity index (χ1v) is 9.43. The Morgan fingerprint density at radius 1 is 1.14 bits per heavy atom. The van der Waals surface area contributed by atoms with Crippen LogP contribution >= 0.6 is 0 Å². The molecule has 0 radical (unpaired) electrons. The van der Waals surface area contributed by atoms with E-state index < -0.39 is 0 Å². The maximum atomic E-state index is 12.7. The second-order valence-electron chi connectivity index (χ2n) is 7.20. The molecule has 2 aromatic carbocycles. The normalized spacial score (nSPS) is 11.0. The molecule has 1 aromatic heterocycles. The Bertz CT molecular complexity index is 1040. The van der Waals surface area contributed by atoms with E-state index in [1.54, 1.807) is 24.3 Å². The zero-order valence-electron chi connectivity index (χ0n) is 16.4. The Hall–Kier alpha value is -3.15. The molecule has 1 heterocycles. The molecule has 0 atom stereocenters. The van der Waals surface area contributed by atoms with E-state index in [1.165, 1.54) is 4.68 Å². The Kier molecular flexibility index (Phi) is 6.09. The Labute approximate surface area is 164 Å². The third kappa shape index (κ3) is 4.57. The smallest absolute Gasteiger partial charge is 0.274 e. The largest absolute Gasteiger partial charge is 0.492 e. The van der Waals surface area contributed by atoms with Crippen LogP contribution in [0.25, 0.3) is 10.8 Å². The molecule has 146 valence electrons. The van der Waals surface area contributed by atoms with Crippen LogP contribution in [0.15, 0.2) is 53.3 Å². The van der Waals surface area contributed by atoms with Crippen molar-refractivity contribution in [2.24, 2.45) is 5.92 Å². The van der Waals surface area contributed by atoms with Gasteiger partial charge < -0.3 is 10.1 Å². The molecule has 0 spiro atoms. The lowest BCUT2D eigenvalue weighted by atomic mass is 10.1. The number of fused-ring (bicyclic) bond motifs is 1. The van der Waals surface area contributed by atoms with Gasteiger partial charge in [0.1, 0.15) is 12.4 Å². The van der Waals surface area contributed by atoms with E-state index in [0.717, 1.165) is 11.3 Å². The van der Waals surface area contributed by atoms with Crippen LogP contribution in [-0.4, -0.2) is 28.8 Å². The van der Waals surface area contributed by atoms with Gasteiger partial charge in [0.25, 0.3) is 11.5 Å². The van der Waals surface area contributed by atoms with Gasteiger partial charge in [0, 0.05) is 11.9 Å². The minimum atomic E-state index is -0.318. The molecule has 3 rings (SSSR count). The molecule has 0 aliphatic carbocycles. The van der Waals surface area contributed by atoms with Gasteiger partial charge in [-0.1, -0.05) is 44.2 Å². The first-order chi connectivity index (χ1) is 13.5. The molecule has 0 unspecified atom stereocenters.